The molecule has 1 aliphatic rings. The molecule has 0 bridgehead atoms. The predicted molar refractivity (Wildman–Crippen MR) is 80.5 cm³/mol. The topological polar surface area (TPSA) is 57.6 Å². The first-order chi connectivity index (χ1) is 11.9. The highest BCUT2D eigenvalue weighted by Crippen LogP contribution is 2.38. The van der Waals surface area contributed by atoms with E-state index in [2.05, 4.69) is 0 Å². The van der Waals surface area contributed by atoms with Gasteiger partial charge in [0.05, 0.1) is 10.5 Å². The maximum absolute atomic E-state index is 13.3. The van der Waals surface area contributed by atoms with Crippen molar-refractivity contribution >= 4 is 10.0 Å². The summed E-state index contributed by atoms with van der Waals surface area (Å²) in [6.45, 7) is -0.834. The number of hydrogen-bond donors (Lipinski definition) is 1. The molecule has 10 heteroatoms. The van der Waals surface area contributed by atoms with Crippen LogP contribution in [0.2, 0.25) is 0 Å². The van der Waals surface area contributed by atoms with E-state index in [1.54, 1.807) is 0 Å². The van der Waals surface area contributed by atoms with Gasteiger partial charge in [-0.15, -0.1) is 0 Å². The fraction of sp³-hybridized carbons (Fsp3) is 0.250. The summed E-state index contributed by atoms with van der Waals surface area (Å²) in [5, 5.41) is 10.4. The summed E-state index contributed by atoms with van der Waals surface area (Å²) in [5.74, 6) is -2.12. The Morgan fingerprint density at radius 1 is 1.00 bits per heavy atom. The third-order valence-electron chi connectivity index (χ3n) is 4.14. The van der Waals surface area contributed by atoms with Gasteiger partial charge < -0.3 is 5.11 Å². The summed E-state index contributed by atoms with van der Waals surface area (Å²) < 4.78 is 90.2. The monoisotopic (exact) mass is 393 g/mol. The van der Waals surface area contributed by atoms with Gasteiger partial charge >= 0.3 is 6.18 Å². The van der Waals surface area contributed by atoms with E-state index in [1.807, 2.05) is 0 Å². The normalized spacial score (nSPS) is 17.8. The lowest BCUT2D eigenvalue weighted by molar-refractivity contribution is -0.140. The average molecular weight is 393 g/mol. The van der Waals surface area contributed by atoms with Crippen molar-refractivity contribution < 1.29 is 35.5 Å². The second-order valence-electron chi connectivity index (χ2n) is 5.95. The molecule has 2 aromatic carbocycles. The molecule has 0 amide bonds. The van der Waals surface area contributed by atoms with Crippen molar-refractivity contribution in [2.24, 2.45) is 0 Å². The van der Waals surface area contributed by atoms with Crippen LogP contribution in [-0.4, -0.2) is 30.9 Å². The number of rotatable bonds is 3. The molecule has 140 valence electrons. The highest BCUT2D eigenvalue weighted by Gasteiger charge is 2.49. The molecule has 0 saturated carbocycles. The maximum Gasteiger partial charge on any atom is 0.419 e. The molecule has 2 aromatic rings. The van der Waals surface area contributed by atoms with Crippen LogP contribution in [0.4, 0.5) is 22.0 Å². The Morgan fingerprint density at radius 3 is 2.12 bits per heavy atom. The number of aliphatic hydroxyl groups is 1. The molecular formula is C16H12F5NO3S. The highest BCUT2D eigenvalue weighted by molar-refractivity contribution is 7.89. The van der Waals surface area contributed by atoms with Gasteiger partial charge in [0.25, 0.3) is 0 Å². The molecule has 1 heterocycles. The first-order valence-corrected chi connectivity index (χ1v) is 8.73. The number of hydrogen-bond acceptors (Lipinski definition) is 3. The number of benzene rings is 2. The first-order valence-electron chi connectivity index (χ1n) is 7.29. The Hall–Kier alpha value is -2.04. The fourth-order valence-corrected chi connectivity index (χ4v) is 4.25. The van der Waals surface area contributed by atoms with Gasteiger partial charge in [-0.3, -0.25) is 0 Å². The molecule has 0 aromatic heterocycles. The van der Waals surface area contributed by atoms with Crippen molar-refractivity contribution in [2.45, 2.75) is 16.7 Å². The molecule has 4 nitrogen and oxygen atoms in total. The lowest BCUT2D eigenvalue weighted by Gasteiger charge is -2.45. The molecule has 1 aliphatic heterocycles. The molecule has 26 heavy (non-hydrogen) atoms. The SMILES string of the molecule is O=S(=O)(c1ccc(F)c(C(F)(F)F)c1)N1CC(O)(c2ccc(F)cc2)C1. The number of β-amino-alcohol motifs (C(OH)–C–C–N with tert-alkyl or cyclic N) is 1. The Morgan fingerprint density at radius 2 is 1.58 bits per heavy atom. The Balaban J connectivity index is 1.86. The van der Waals surface area contributed by atoms with Crippen molar-refractivity contribution in [3.63, 3.8) is 0 Å². The van der Waals surface area contributed by atoms with Crippen LogP contribution in [0.15, 0.2) is 47.4 Å². The second kappa shape index (κ2) is 6.00. The van der Waals surface area contributed by atoms with Gasteiger partial charge in [-0.1, -0.05) is 12.1 Å². The summed E-state index contributed by atoms with van der Waals surface area (Å²) in [6.07, 6.45) is -5.04. The van der Waals surface area contributed by atoms with E-state index in [-0.39, 0.29) is 11.6 Å². The van der Waals surface area contributed by atoms with Gasteiger partial charge in [-0.05, 0) is 35.9 Å². The maximum atomic E-state index is 13.3. The zero-order valence-electron chi connectivity index (χ0n) is 13.0. The van der Waals surface area contributed by atoms with Crippen molar-refractivity contribution in [1.82, 2.24) is 4.31 Å². The van der Waals surface area contributed by atoms with Crippen LogP contribution in [-0.2, 0) is 21.8 Å². The highest BCUT2D eigenvalue weighted by atomic mass is 32.2. The van der Waals surface area contributed by atoms with Gasteiger partial charge in [0.1, 0.15) is 17.2 Å². The third kappa shape index (κ3) is 3.19. The van der Waals surface area contributed by atoms with E-state index in [1.165, 1.54) is 12.1 Å². The number of alkyl halides is 3. The summed E-state index contributed by atoms with van der Waals surface area (Å²) in [7, 11) is -4.36. The van der Waals surface area contributed by atoms with Crippen LogP contribution < -0.4 is 0 Å². The summed E-state index contributed by atoms with van der Waals surface area (Å²) >= 11 is 0. The molecule has 0 spiro atoms. The van der Waals surface area contributed by atoms with Gasteiger partial charge in [-0.25, -0.2) is 17.2 Å². The second-order valence-corrected chi connectivity index (χ2v) is 7.89. The molecule has 3 rings (SSSR count). The van der Waals surface area contributed by atoms with Crippen molar-refractivity contribution in [2.75, 3.05) is 13.1 Å². The molecule has 0 aliphatic carbocycles. The minimum absolute atomic E-state index is 0.222. The molecule has 1 saturated heterocycles. The van der Waals surface area contributed by atoms with Crippen LogP contribution in [0.1, 0.15) is 11.1 Å². The van der Waals surface area contributed by atoms with E-state index in [4.69, 9.17) is 0 Å². The van der Waals surface area contributed by atoms with E-state index in [0.29, 0.717) is 6.07 Å². The number of sulfonamides is 1. The largest absolute Gasteiger partial charge is 0.419 e. The smallest absolute Gasteiger partial charge is 0.382 e. The van der Waals surface area contributed by atoms with Crippen molar-refractivity contribution in [1.29, 1.82) is 0 Å². The van der Waals surface area contributed by atoms with Crippen molar-refractivity contribution in [3.8, 4) is 0 Å². The van der Waals surface area contributed by atoms with Crippen LogP contribution in [0, 0.1) is 11.6 Å². The van der Waals surface area contributed by atoms with E-state index in [0.717, 1.165) is 22.5 Å². The summed E-state index contributed by atoms with van der Waals surface area (Å²) in [6, 6.07) is 6.16. The van der Waals surface area contributed by atoms with E-state index >= 15 is 0 Å². The number of nitrogens with zero attached hydrogens (tertiary/aromatic N) is 1. The minimum Gasteiger partial charge on any atom is -0.382 e. The van der Waals surface area contributed by atoms with Crippen LogP contribution in [0.25, 0.3) is 0 Å². The van der Waals surface area contributed by atoms with Gasteiger partial charge in [0.2, 0.25) is 10.0 Å². The Bertz CT molecular complexity index is 935. The fourth-order valence-electron chi connectivity index (χ4n) is 2.68. The van der Waals surface area contributed by atoms with E-state index in [9.17, 15) is 35.5 Å². The van der Waals surface area contributed by atoms with Gasteiger partial charge in [-0.2, -0.15) is 17.5 Å². The summed E-state index contributed by atoms with van der Waals surface area (Å²) in [5.41, 5.74) is -2.98. The Kier molecular flexibility index (Phi) is 4.32. The zero-order valence-corrected chi connectivity index (χ0v) is 13.8. The third-order valence-corrected chi connectivity index (χ3v) is 5.93. The summed E-state index contributed by atoms with van der Waals surface area (Å²) in [4.78, 5) is -0.729. The lowest BCUT2D eigenvalue weighted by atomic mass is 9.88. The zero-order chi connectivity index (χ0) is 19.3. The molecular weight excluding hydrogens is 381 g/mol. The van der Waals surface area contributed by atoms with Crippen LogP contribution in [0.3, 0.4) is 0 Å². The molecule has 0 atom stereocenters. The van der Waals surface area contributed by atoms with E-state index < -0.39 is 57.0 Å². The Labute approximate surface area is 145 Å². The van der Waals surface area contributed by atoms with Crippen LogP contribution >= 0.6 is 0 Å². The standard InChI is InChI=1S/C16H12F5NO3S/c17-11-3-1-10(2-4-11)15(23)8-22(9-15)26(24,25)12-5-6-14(18)13(7-12)16(19,20)21/h1-7,23H,8-9H2. The number of halogens is 5. The molecule has 0 unspecified atom stereocenters. The first kappa shape index (κ1) is 18.7. The quantitative estimate of drug-likeness (QED) is 0.816. The van der Waals surface area contributed by atoms with Gasteiger partial charge in [0.15, 0.2) is 0 Å². The average Bonchev–Trinajstić information content (AvgIpc) is 2.51. The minimum atomic E-state index is -5.04. The molecule has 1 fully saturated rings. The van der Waals surface area contributed by atoms with Crippen LogP contribution in [0.5, 0.6) is 0 Å². The predicted octanol–water partition coefficient (Wildman–Crippen LogP) is 2.88. The molecule has 0 radical (unpaired) electrons. The lowest BCUT2D eigenvalue weighted by Crippen LogP contribution is -2.61. The molecule has 1 N–H and O–H groups in total. The van der Waals surface area contributed by atoms with Gasteiger partial charge in [0, 0.05) is 13.1 Å². The van der Waals surface area contributed by atoms with Crippen molar-refractivity contribution in [3.05, 3.63) is 65.2 Å².